The van der Waals surface area contributed by atoms with Crippen molar-refractivity contribution in [2.75, 3.05) is 0 Å². The molecular formula is C51H34N2O. The van der Waals surface area contributed by atoms with Crippen LogP contribution in [0.15, 0.2) is 174 Å². The third-order valence-corrected chi connectivity index (χ3v) is 12.1. The molecule has 0 amide bonds. The Labute approximate surface area is 311 Å². The first-order chi connectivity index (χ1) is 26.5. The zero-order valence-corrected chi connectivity index (χ0v) is 30.0. The van der Waals surface area contributed by atoms with Crippen LogP contribution in [0.1, 0.15) is 25.0 Å². The fraction of sp³-hybridized carbons (Fsp3) is 0.0588. The van der Waals surface area contributed by atoms with Gasteiger partial charge >= 0.3 is 0 Å². The van der Waals surface area contributed by atoms with Gasteiger partial charge in [0.2, 0.25) is 0 Å². The molecule has 0 spiro atoms. The second kappa shape index (κ2) is 10.6. The summed E-state index contributed by atoms with van der Waals surface area (Å²) in [6, 6.07) is 62.1. The van der Waals surface area contributed by atoms with E-state index in [9.17, 15) is 0 Å². The highest BCUT2D eigenvalue weighted by atomic mass is 16.3. The molecule has 11 aromatic rings. The summed E-state index contributed by atoms with van der Waals surface area (Å²) < 4.78 is 11.5. The van der Waals surface area contributed by atoms with Crippen molar-refractivity contribution in [1.82, 2.24) is 9.13 Å². The van der Waals surface area contributed by atoms with Crippen molar-refractivity contribution >= 4 is 65.4 Å². The molecular weight excluding hydrogens is 657 g/mol. The molecule has 0 fully saturated rings. The van der Waals surface area contributed by atoms with Crippen LogP contribution in [0.25, 0.3) is 99.2 Å². The minimum atomic E-state index is -0.187. The van der Waals surface area contributed by atoms with E-state index in [0.29, 0.717) is 0 Å². The van der Waals surface area contributed by atoms with E-state index >= 15 is 0 Å². The molecule has 12 rings (SSSR count). The van der Waals surface area contributed by atoms with Gasteiger partial charge < -0.3 is 13.6 Å². The van der Waals surface area contributed by atoms with Crippen LogP contribution in [0.5, 0.6) is 0 Å². The van der Waals surface area contributed by atoms with Crippen LogP contribution in [-0.2, 0) is 5.41 Å². The molecule has 3 heteroatoms. The van der Waals surface area contributed by atoms with Gasteiger partial charge in [0, 0.05) is 43.6 Å². The molecule has 3 heterocycles. The van der Waals surface area contributed by atoms with E-state index < -0.39 is 0 Å². The van der Waals surface area contributed by atoms with E-state index in [1.54, 1.807) is 0 Å². The number of rotatable bonds is 3. The summed E-state index contributed by atoms with van der Waals surface area (Å²) in [5, 5.41) is 8.55. The molecule has 3 nitrogen and oxygen atoms in total. The van der Waals surface area contributed by atoms with Gasteiger partial charge in [-0.2, -0.15) is 0 Å². The number of para-hydroxylation sites is 3. The number of benzene rings is 8. The number of fused-ring (bicyclic) bond motifs is 12. The first-order valence-corrected chi connectivity index (χ1v) is 18.8. The lowest BCUT2D eigenvalue weighted by atomic mass is 9.81. The maximum Gasteiger partial charge on any atom is 0.159 e. The van der Waals surface area contributed by atoms with E-state index in [1.165, 1.54) is 82.7 Å². The maximum atomic E-state index is 6.66. The predicted molar refractivity (Wildman–Crippen MR) is 225 cm³/mol. The average molecular weight is 691 g/mol. The lowest BCUT2D eigenvalue weighted by molar-refractivity contribution is 0.663. The standard InChI is InChI=1S/C51H34N2O/c1-51(2)42-18-8-5-16-39(42)49-48(51)41-30-34(24-27-45(41)53(49)46-20-11-17-38-37-15-7-10-21-47(37)54-50(38)46)33-23-26-44-40(29-33)36-14-6-9-19-43(36)52(44)35-25-22-31-12-3-4-13-32(31)28-35/h3-30H,1-2H3. The second-order valence-corrected chi connectivity index (χ2v) is 15.3. The van der Waals surface area contributed by atoms with Crippen LogP contribution in [-0.4, -0.2) is 9.13 Å². The van der Waals surface area contributed by atoms with Gasteiger partial charge in [-0.25, -0.2) is 0 Å². The third kappa shape index (κ3) is 3.91. The Morgan fingerprint density at radius 2 is 1.13 bits per heavy atom. The van der Waals surface area contributed by atoms with Gasteiger partial charge in [-0.3, -0.25) is 0 Å². The van der Waals surface area contributed by atoms with Crippen LogP contribution in [0.4, 0.5) is 0 Å². The van der Waals surface area contributed by atoms with E-state index in [4.69, 9.17) is 4.42 Å². The van der Waals surface area contributed by atoms with Crippen molar-refractivity contribution in [3.8, 4) is 33.8 Å². The molecule has 0 radical (unpaired) electrons. The Morgan fingerprint density at radius 1 is 0.463 bits per heavy atom. The Hall–Kier alpha value is -6.84. The van der Waals surface area contributed by atoms with Gasteiger partial charge in [-0.15, -0.1) is 0 Å². The van der Waals surface area contributed by atoms with Gasteiger partial charge in [-0.1, -0.05) is 129 Å². The smallest absolute Gasteiger partial charge is 0.159 e. The van der Waals surface area contributed by atoms with Crippen molar-refractivity contribution in [3.05, 3.63) is 181 Å². The Bertz CT molecular complexity index is 3370. The number of aromatic nitrogens is 2. The van der Waals surface area contributed by atoms with E-state index in [0.717, 1.165) is 27.6 Å². The largest absolute Gasteiger partial charge is 0.454 e. The summed E-state index contributed by atoms with van der Waals surface area (Å²) in [4.78, 5) is 0. The molecule has 0 unspecified atom stereocenters. The molecule has 0 atom stereocenters. The monoisotopic (exact) mass is 690 g/mol. The quantitative estimate of drug-likeness (QED) is 0.181. The summed E-state index contributed by atoms with van der Waals surface area (Å²) in [6.45, 7) is 4.76. The number of hydrogen-bond acceptors (Lipinski definition) is 1. The molecule has 254 valence electrons. The lowest BCUT2D eigenvalue weighted by Crippen LogP contribution is -2.14. The molecule has 0 N–H and O–H groups in total. The molecule has 1 aliphatic rings. The molecule has 0 aliphatic heterocycles. The number of furan rings is 1. The topological polar surface area (TPSA) is 23.0 Å². The molecule has 0 bridgehead atoms. The third-order valence-electron chi connectivity index (χ3n) is 12.1. The lowest BCUT2D eigenvalue weighted by Gasteiger charge is -2.21. The van der Waals surface area contributed by atoms with Crippen LogP contribution in [0.2, 0.25) is 0 Å². The molecule has 54 heavy (non-hydrogen) atoms. The fourth-order valence-corrected chi connectivity index (χ4v) is 9.63. The van der Waals surface area contributed by atoms with Gasteiger partial charge in [-0.05, 0) is 87.6 Å². The van der Waals surface area contributed by atoms with Crippen molar-refractivity contribution in [2.45, 2.75) is 19.3 Å². The van der Waals surface area contributed by atoms with Gasteiger partial charge in [0.05, 0.1) is 27.9 Å². The van der Waals surface area contributed by atoms with Crippen LogP contribution in [0.3, 0.4) is 0 Å². The Kier molecular flexibility index (Phi) is 5.84. The first kappa shape index (κ1) is 29.7. The van der Waals surface area contributed by atoms with Gasteiger partial charge in [0.25, 0.3) is 0 Å². The second-order valence-electron chi connectivity index (χ2n) is 15.3. The molecule has 8 aromatic carbocycles. The highest BCUT2D eigenvalue weighted by Crippen LogP contribution is 2.54. The number of hydrogen-bond donors (Lipinski definition) is 0. The minimum Gasteiger partial charge on any atom is -0.454 e. The van der Waals surface area contributed by atoms with E-state index in [-0.39, 0.29) is 5.41 Å². The zero-order valence-electron chi connectivity index (χ0n) is 30.0. The SMILES string of the molecule is CC1(C)c2ccccc2-c2c1c1cc(-c3ccc4c(c3)c3ccccc3n4-c3ccc4ccccc4c3)ccc1n2-c1cccc2c1oc1ccccc12. The zero-order chi connectivity index (χ0) is 35.7. The summed E-state index contributed by atoms with van der Waals surface area (Å²) in [7, 11) is 0. The summed E-state index contributed by atoms with van der Waals surface area (Å²) in [6.07, 6.45) is 0. The normalized spacial score (nSPS) is 13.5. The average Bonchev–Trinajstić information content (AvgIpc) is 3.93. The van der Waals surface area contributed by atoms with E-state index in [2.05, 4.69) is 187 Å². The van der Waals surface area contributed by atoms with Crippen molar-refractivity contribution in [1.29, 1.82) is 0 Å². The van der Waals surface area contributed by atoms with Crippen molar-refractivity contribution in [2.24, 2.45) is 0 Å². The Balaban J connectivity index is 1.10. The summed E-state index contributed by atoms with van der Waals surface area (Å²) in [5.41, 5.74) is 15.2. The van der Waals surface area contributed by atoms with Crippen LogP contribution < -0.4 is 0 Å². The molecule has 1 aliphatic carbocycles. The Morgan fingerprint density at radius 3 is 2.00 bits per heavy atom. The number of nitrogens with zero attached hydrogens (tertiary/aromatic N) is 2. The highest BCUT2D eigenvalue weighted by Gasteiger charge is 2.41. The first-order valence-electron chi connectivity index (χ1n) is 18.8. The minimum absolute atomic E-state index is 0.187. The fourth-order valence-electron chi connectivity index (χ4n) is 9.63. The summed E-state index contributed by atoms with van der Waals surface area (Å²) >= 11 is 0. The molecule has 3 aromatic heterocycles. The van der Waals surface area contributed by atoms with Crippen LogP contribution in [0, 0.1) is 0 Å². The van der Waals surface area contributed by atoms with Gasteiger partial charge in [0.15, 0.2) is 5.58 Å². The molecule has 0 saturated heterocycles. The van der Waals surface area contributed by atoms with Crippen molar-refractivity contribution in [3.63, 3.8) is 0 Å². The summed E-state index contributed by atoms with van der Waals surface area (Å²) in [5.74, 6) is 0. The maximum absolute atomic E-state index is 6.66. The predicted octanol–water partition coefficient (Wildman–Crippen LogP) is 13.8. The van der Waals surface area contributed by atoms with Gasteiger partial charge in [0.1, 0.15) is 5.58 Å². The van der Waals surface area contributed by atoms with Crippen LogP contribution >= 0.6 is 0 Å². The highest BCUT2D eigenvalue weighted by molar-refractivity contribution is 6.12. The van der Waals surface area contributed by atoms with Crippen molar-refractivity contribution < 1.29 is 4.42 Å². The molecule has 0 saturated carbocycles. The van der Waals surface area contributed by atoms with E-state index in [1.807, 2.05) is 6.07 Å².